The van der Waals surface area contributed by atoms with Crippen LogP contribution in [0.15, 0.2) is 55.1 Å². The van der Waals surface area contributed by atoms with Crippen LogP contribution >= 0.6 is 0 Å². The van der Waals surface area contributed by atoms with Crippen molar-refractivity contribution in [1.29, 1.82) is 0 Å². The Morgan fingerprint density at radius 3 is 2.78 bits per heavy atom. The normalized spacial score (nSPS) is 18.8. The molecule has 4 heterocycles. The van der Waals surface area contributed by atoms with Crippen LogP contribution < -0.4 is 0 Å². The summed E-state index contributed by atoms with van der Waals surface area (Å²) >= 11 is 0. The third kappa shape index (κ3) is 4.08. The zero-order chi connectivity index (χ0) is 22.1. The minimum absolute atomic E-state index is 0.0400. The number of aliphatic hydroxyl groups excluding tert-OH is 1. The lowest BCUT2D eigenvalue weighted by Crippen LogP contribution is -2.27. The molecule has 0 unspecified atom stereocenters. The largest absolute Gasteiger partial charge is 0.393 e. The number of aliphatic hydroxyl groups is 1. The number of rotatable bonds is 6. The predicted molar refractivity (Wildman–Crippen MR) is 121 cm³/mol. The molecular formula is C25H27N5O2. The highest BCUT2D eigenvalue weighted by atomic mass is 16.3. The van der Waals surface area contributed by atoms with Gasteiger partial charge >= 0.3 is 0 Å². The number of aryl methyl sites for hydroxylation is 1. The topological polar surface area (TPSA) is 85.3 Å². The summed E-state index contributed by atoms with van der Waals surface area (Å²) in [6.45, 7) is 0. The van der Waals surface area contributed by atoms with Crippen molar-refractivity contribution in [3.8, 4) is 11.3 Å². The Morgan fingerprint density at radius 1 is 1.16 bits per heavy atom. The SMILES string of the molecule is Cn1cc(-c2ccc(Cc3cc(C(=O)C[C@H]4CCCC[C@@H]4O)n4ncccc34)cn2)cn1. The van der Waals surface area contributed by atoms with Crippen molar-refractivity contribution in [3.05, 3.63) is 71.9 Å². The van der Waals surface area contributed by atoms with Gasteiger partial charge in [-0.2, -0.15) is 10.2 Å². The van der Waals surface area contributed by atoms with Gasteiger partial charge in [0, 0.05) is 44.0 Å². The minimum Gasteiger partial charge on any atom is -0.393 e. The lowest BCUT2D eigenvalue weighted by atomic mass is 9.83. The second-order valence-corrected chi connectivity index (χ2v) is 8.75. The van der Waals surface area contributed by atoms with Gasteiger partial charge in [0.25, 0.3) is 0 Å². The maximum absolute atomic E-state index is 13.1. The summed E-state index contributed by atoms with van der Waals surface area (Å²) in [6.07, 6.45) is 11.8. The zero-order valence-corrected chi connectivity index (χ0v) is 18.2. The number of carbonyl (C=O) groups excluding carboxylic acids is 1. The molecule has 0 aromatic carbocycles. The van der Waals surface area contributed by atoms with E-state index in [2.05, 4.69) is 21.2 Å². The van der Waals surface area contributed by atoms with E-state index in [0.717, 1.165) is 53.6 Å². The summed E-state index contributed by atoms with van der Waals surface area (Å²) < 4.78 is 3.50. The van der Waals surface area contributed by atoms with Gasteiger partial charge in [0.2, 0.25) is 0 Å². The van der Waals surface area contributed by atoms with E-state index in [1.165, 1.54) is 0 Å². The van der Waals surface area contributed by atoms with E-state index in [4.69, 9.17) is 0 Å². The molecule has 7 nitrogen and oxygen atoms in total. The quantitative estimate of drug-likeness (QED) is 0.471. The average molecular weight is 430 g/mol. The number of fused-ring (bicyclic) bond motifs is 1. The number of Topliss-reactive ketones (excluding diaryl/α,β-unsaturated/α-hetero) is 1. The first kappa shape index (κ1) is 20.6. The second kappa shape index (κ2) is 8.67. The smallest absolute Gasteiger partial charge is 0.181 e. The maximum atomic E-state index is 13.1. The molecule has 0 saturated heterocycles. The van der Waals surface area contributed by atoms with Crippen molar-refractivity contribution in [2.24, 2.45) is 13.0 Å². The van der Waals surface area contributed by atoms with Crippen LogP contribution in [0, 0.1) is 5.92 Å². The summed E-state index contributed by atoms with van der Waals surface area (Å²) in [6, 6.07) is 9.90. The minimum atomic E-state index is -0.379. The summed E-state index contributed by atoms with van der Waals surface area (Å²) in [5.41, 5.74) is 5.49. The molecule has 0 radical (unpaired) electrons. The van der Waals surface area contributed by atoms with E-state index in [9.17, 15) is 9.90 Å². The molecule has 4 aromatic rings. The number of carbonyl (C=O) groups is 1. The van der Waals surface area contributed by atoms with Gasteiger partial charge in [0.15, 0.2) is 5.78 Å². The van der Waals surface area contributed by atoms with Crippen LogP contribution in [0.3, 0.4) is 0 Å². The summed E-state index contributed by atoms with van der Waals surface area (Å²) in [4.78, 5) is 17.7. The fourth-order valence-corrected chi connectivity index (χ4v) is 4.69. The van der Waals surface area contributed by atoms with Crippen LogP contribution in [0.25, 0.3) is 16.8 Å². The number of ketones is 1. The van der Waals surface area contributed by atoms with Gasteiger partial charge in [0.1, 0.15) is 5.69 Å². The Balaban J connectivity index is 1.39. The molecule has 1 N–H and O–H groups in total. The third-order valence-electron chi connectivity index (χ3n) is 6.44. The molecule has 0 spiro atoms. The van der Waals surface area contributed by atoms with E-state index in [1.54, 1.807) is 21.6 Å². The van der Waals surface area contributed by atoms with E-state index in [1.807, 2.05) is 43.7 Å². The molecule has 32 heavy (non-hydrogen) atoms. The van der Waals surface area contributed by atoms with Gasteiger partial charge < -0.3 is 5.11 Å². The van der Waals surface area contributed by atoms with Crippen molar-refractivity contribution in [2.45, 2.75) is 44.6 Å². The summed E-state index contributed by atoms with van der Waals surface area (Å²) in [7, 11) is 1.89. The molecule has 1 saturated carbocycles. The van der Waals surface area contributed by atoms with Crippen molar-refractivity contribution in [3.63, 3.8) is 0 Å². The molecule has 164 valence electrons. The molecule has 0 aliphatic heterocycles. The highest BCUT2D eigenvalue weighted by molar-refractivity contribution is 5.96. The van der Waals surface area contributed by atoms with Crippen molar-refractivity contribution < 1.29 is 9.90 Å². The van der Waals surface area contributed by atoms with Crippen LogP contribution in [0.5, 0.6) is 0 Å². The maximum Gasteiger partial charge on any atom is 0.181 e. The molecule has 1 aliphatic carbocycles. The van der Waals surface area contributed by atoms with Crippen molar-refractivity contribution in [1.82, 2.24) is 24.4 Å². The zero-order valence-electron chi connectivity index (χ0n) is 18.2. The Labute approximate surface area is 186 Å². The van der Waals surface area contributed by atoms with Gasteiger partial charge in [-0.3, -0.25) is 14.5 Å². The van der Waals surface area contributed by atoms with Crippen LogP contribution in [0.2, 0.25) is 0 Å². The Morgan fingerprint density at radius 2 is 2.03 bits per heavy atom. The van der Waals surface area contributed by atoms with Crippen LogP contribution in [0.1, 0.15) is 53.7 Å². The molecule has 4 aromatic heterocycles. The van der Waals surface area contributed by atoms with Crippen molar-refractivity contribution >= 4 is 11.3 Å². The second-order valence-electron chi connectivity index (χ2n) is 8.75. The number of aromatic nitrogens is 5. The first-order chi connectivity index (χ1) is 15.6. The lowest BCUT2D eigenvalue weighted by Gasteiger charge is -2.26. The monoisotopic (exact) mass is 429 g/mol. The van der Waals surface area contributed by atoms with Crippen LogP contribution in [0.4, 0.5) is 0 Å². The van der Waals surface area contributed by atoms with Gasteiger partial charge in [-0.05, 0) is 54.2 Å². The molecule has 0 bridgehead atoms. The van der Waals surface area contributed by atoms with Gasteiger partial charge in [-0.25, -0.2) is 4.52 Å². The van der Waals surface area contributed by atoms with E-state index < -0.39 is 0 Å². The van der Waals surface area contributed by atoms with Crippen LogP contribution in [-0.2, 0) is 13.5 Å². The Kier molecular flexibility index (Phi) is 5.57. The average Bonchev–Trinajstić information content (AvgIpc) is 3.40. The predicted octanol–water partition coefficient (Wildman–Crippen LogP) is 3.84. The van der Waals surface area contributed by atoms with Gasteiger partial charge in [-0.15, -0.1) is 0 Å². The highest BCUT2D eigenvalue weighted by Gasteiger charge is 2.27. The van der Waals surface area contributed by atoms with E-state index >= 15 is 0 Å². The first-order valence-corrected chi connectivity index (χ1v) is 11.2. The molecule has 1 aliphatic rings. The standard InChI is InChI=1S/C25H27N5O2/c1-29-16-20(15-28-29)21-9-8-17(14-26-21)11-19-12-23(30-22(19)6-4-10-27-30)25(32)13-18-5-2-3-7-24(18)31/h4,6,8-10,12,14-16,18,24,31H,2-3,5,7,11,13H2,1H3/t18-,24+/m1/s1. The number of nitrogens with zero attached hydrogens (tertiary/aromatic N) is 5. The summed E-state index contributed by atoms with van der Waals surface area (Å²) in [5, 5.41) is 18.9. The van der Waals surface area contributed by atoms with Gasteiger partial charge in [0.05, 0.1) is 23.5 Å². The Hall–Kier alpha value is -3.32. The van der Waals surface area contributed by atoms with Crippen LogP contribution in [-0.4, -0.2) is 41.4 Å². The lowest BCUT2D eigenvalue weighted by molar-refractivity contribution is 0.0580. The number of pyridine rings is 1. The number of hydrogen-bond acceptors (Lipinski definition) is 5. The molecule has 0 amide bonds. The first-order valence-electron chi connectivity index (χ1n) is 11.2. The van der Waals surface area contributed by atoms with Gasteiger partial charge in [-0.1, -0.05) is 18.9 Å². The summed E-state index contributed by atoms with van der Waals surface area (Å²) in [5.74, 6) is 0.0825. The Bertz CT molecular complexity index is 1240. The van der Waals surface area contributed by atoms with E-state index in [0.29, 0.717) is 18.5 Å². The fourth-order valence-electron chi connectivity index (χ4n) is 4.69. The fraction of sp³-hybridized carbons (Fsp3) is 0.360. The number of hydrogen-bond donors (Lipinski definition) is 1. The highest BCUT2D eigenvalue weighted by Crippen LogP contribution is 2.29. The molecular weight excluding hydrogens is 402 g/mol. The van der Waals surface area contributed by atoms with E-state index in [-0.39, 0.29) is 17.8 Å². The molecule has 2 atom stereocenters. The molecule has 5 rings (SSSR count). The molecule has 1 fully saturated rings. The third-order valence-corrected chi connectivity index (χ3v) is 6.44. The molecule has 7 heteroatoms. The van der Waals surface area contributed by atoms with Crippen molar-refractivity contribution in [2.75, 3.05) is 0 Å².